The van der Waals surface area contributed by atoms with Gasteiger partial charge >= 0.3 is 19.8 Å². The summed E-state index contributed by atoms with van der Waals surface area (Å²) in [5.74, 6) is -0.997. The van der Waals surface area contributed by atoms with E-state index in [1.807, 2.05) is 0 Å². The second-order valence-electron chi connectivity index (χ2n) is 11.1. The Morgan fingerprint density at radius 1 is 0.542 bits per heavy atom. The molecular weight excluding hydrogens is 627 g/mol. The molecule has 0 aromatic rings. The van der Waals surface area contributed by atoms with E-state index >= 15 is 0 Å². The van der Waals surface area contributed by atoms with Gasteiger partial charge in [0.2, 0.25) is 0 Å². The molecule has 0 rings (SSSR count). The van der Waals surface area contributed by atoms with E-state index < -0.39 is 32.5 Å². The Kier molecular flexibility index (Phi) is 31.7. The minimum absolute atomic E-state index is 0.144. The van der Waals surface area contributed by atoms with Crippen LogP contribution in [0.5, 0.6) is 0 Å². The van der Waals surface area contributed by atoms with Gasteiger partial charge in [0.05, 0.1) is 6.61 Å². The summed E-state index contributed by atoms with van der Waals surface area (Å²) in [4.78, 5) is 42.6. The number of rotatable bonds is 30. The summed E-state index contributed by atoms with van der Waals surface area (Å²) >= 11 is 0. The smallest absolute Gasteiger partial charge is 0.462 e. The number of unbranched alkanes of at least 4 members (excludes halogenated alkanes) is 4. The van der Waals surface area contributed by atoms with Crippen LogP contribution in [0.4, 0.5) is 0 Å². The van der Waals surface area contributed by atoms with Gasteiger partial charge in [-0.05, 0) is 89.9 Å². The fourth-order valence-electron chi connectivity index (χ4n) is 4.06. The van der Waals surface area contributed by atoms with Crippen molar-refractivity contribution in [2.24, 2.45) is 0 Å². The SMILES string of the molecule is CC/C=C/C/C=C/C/C=C/C/C=C/CCCCC(=O)OC[C@H](COP(=O)(O)O)OC(=O)CCCC/C=C/C/C=C/C/C=C/C/C=C/CC. The molecule has 0 aliphatic rings. The van der Waals surface area contributed by atoms with Crippen molar-refractivity contribution in [2.45, 2.75) is 123 Å². The predicted molar refractivity (Wildman–Crippen MR) is 197 cm³/mol. The third-order valence-corrected chi connectivity index (χ3v) is 7.08. The first-order valence-electron chi connectivity index (χ1n) is 17.5. The van der Waals surface area contributed by atoms with Gasteiger partial charge in [0.15, 0.2) is 6.10 Å². The Bertz CT molecular complexity index is 1090. The monoisotopic (exact) mass is 688 g/mol. The molecule has 0 aromatic heterocycles. The molecule has 0 spiro atoms. The molecule has 2 N–H and O–H groups in total. The van der Waals surface area contributed by atoms with Gasteiger partial charge < -0.3 is 19.3 Å². The third-order valence-electron chi connectivity index (χ3n) is 6.60. The standard InChI is InChI=1S/C39H61O8P/c1-3-5-7-9-11-13-15-17-19-21-23-25-27-29-31-33-38(40)45-35-37(36-46-48(42,43)44)47-39(41)34-32-30-28-26-24-22-20-18-16-14-12-10-8-6-4-2/h5-8,11-14,17-20,23-26,37H,3-4,9-10,15-16,21-22,27-36H2,1-2H3,(H2,42,43,44)/b7-5+,8-6+,13-11+,14-12+,19-17+,20-18+,25-23+,26-24+/t37-/m1/s1. The molecule has 0 aliphatic carbocycles. The van der Waals surface area contributed by atoms with E-state index in [-0.39, 0.29) is 19.4 Å². The van der Waals surface area contributed by atoms with Gasteiger partial charge in [0, 0.05) is 12.8 Å². The van der Waals surface area contributed by atoms with Crippen LogP contribution in [0.15, 0.2) is 97.2 Å². The van der Waals surface area contributed by atoms with E-state index in [1.54, 1.807) is 0 Å². The maximum Gasteiger partial charge on any atom is 0.469 e. The van der Waals surface area contributed by atoms with Crippen molar-refractivity contribution < 1.29 is 37.9 Å². The van der Waals surface area contributed by atoms with Crippen LogP contribution in [0.25, 0.3) is 0 Å². The van der Waals surface area contributed by atoms with Gasteiger partial charge in [-0.15, -0.1) is 0 Å². The van der Waals surface area contributed by atoms with Gasteiger partial charge in [-0.2, -0.15) is 0 Å². The van der Waals surface area contributed by atoms with Crippen molar-refractivity contribution in [3.63, 3.8) is 0 Å². The molecule has 1 atom stereocenters. The highest BCUT2D eigenvalue weighted by Crippen LogP contribution is 2.35. The largest absolute Gasteiger partial charge is 0.469 e. The number of hydrogen-bond acceptors (Lipinski definition) is 6. The van der Waals surface area contributed by atoms with Crippen molar-refractivity contribution in [1.29, 1.82) is 0 Å². The number of phosphoric acid groups is 1. The van der Waals surface area contributed by atoms with E-state index in [0.29, 0.717) is 12.8 Å². The van der Waals surface area contributed by atoms with E-state index in [0.717, 1.165) is 77.0 Å². The molecule has 270 valence electrons. The number of carbonyl (C=O) groups is 2. The molecule has 0 saturated carbocycles. The molecule has 0 amide bonds. The van der Waals surface area contributed by atoms with Crippen molar-refractivity contribution in [3.8, 4) is 0 Å². The molecule has 0 aromatic carbocycles. The van der Waals surface area contributed by atoms with E-state index in [4.69, 9.17) is 19.3 Å². The summed E-state index contributed by atoms with van der Waals surface area (Å²) in [6.45, 7) is 3.34. The predicted octanol–water partition coefficient (Wildman–Crippen LogP) is 10.3. The first kappa shape index (κ1) is 45.0. The summed E-state index contributed by atoms with van der Waals surface area (Å²) in [6.07, 6.45) is 45.6. The Morgan fingerprint density at radius 2 is 0.917 bits per heavy atom. The van der Waals surface area contributed by atoms with Gasteiger partial charge in [0.25, 0.3) is 0 Å². The average molecular weight is 689 g/mol. The lowest BCUT2D eigenvalue weighted by molar-refractivity contribution is -0.161. The normalized spacial score (nSPS) is 13.7. The van der Waals surface area contributed by atoms with Crippen molar-refractivity contribution in [1.82, 2.24) is 0 Å². The number of allylic oxidation sites excluding steroid dienone is 16. The summed E-state index contributed by atoms with van der Waals surface area (Å²) in [6, 6.07) is 0. The Labute approximate surface area is 290 Å². The summed E-state index contributed by atoms with van der Waals surface area (Å²) < 4.78 is 26.2. The van der Waals surface area contributed by atoms with Crippen LogP contribution in [-0.4, -0.2) is 41.0 Å². The first-order chi connectivity index (χ1) is 23.3. The van der Waals surface area contributed by atoms with Crippen LogP contribution in [0, 0.1) is 0 Å². The number of carbonyl (C=O) groups excluding carboxylic acids is 2. The van der Waals surface area contributed by atoms with Gasteiger partial charge in [-0.25, -0.2) is 4.57 Å². The highest BCUT2D eigenvalue weighted by molar-refractivity contribution is 7.46. The summed E-state index contributed by atoms with van der Waals surface area (Å²) in [5.41, 5.74) is 0. The first-order valence-corrected chi connectivity index (χ1v) is 19.1. The van der Waals surface area contributed by atoms with Gasteiger partial charge in [-0.1, -0.05) is 111 Å². The zero-order valence-electron chi connectivity index (χ0n) is 29.3. The number of hydrogen-bond donors (Lipinski definition) is 2. The maximum absolute atomic E-state index is 12.3. The van der Waals surface area contributed by atoms with Crippen LogP contribution >= 0.6 is 7.82 Å². The molecule has 0 radical (unpaired) electrons. The number of esters is 2. The van der Waals surface area contributed by atoms with E-state index in [1.165, 1.54) is 0 Å². The molecule has 8 nitrogen and oxygen atoms in total. The molecule has 9 heteroatoms. The Morgan fingerprint density at radius 3 is 1.31 bits per heavy atom. The van der Waals surface area contributed by atoms with Crippen LogP contribution in [0.3, 0.4) is 0 Å². The zero-order chi connectivity index (χ0) is 35.4. The fourth-order valence-corrected chi connectivity index (χ4v) is 4.42. The van der Waals surface area contributed by atoms with E-state index in [2.05, 4.69) is 116 Å². The zero-order valence-corrected chi connectivity index (χ0v) is 30.2. The lowest BCUT2D eigenvalue weighted by atomic mass is 10.1. The highest BCUT2D eigenvalue weighted by Gasteiger charge is 2.22. The maximum atomic E-state index is 12.3. The van der Waals surface area contributed by atoms with Crippen molar-refractivity contribution >= 4 is 19.8 Å². The molecule has 0 unspecified atom stereocenters. The fraction of sp³-hybridized carbons (Fsp3) is 0.538. The molecular formula is C39H61O8P. The Hall–Kier alpha value is -3.03. The molecule has 48 heavy (non-hydrogen) atoms. The van der Waals surface area contributed by atoms with Gasteiger partial charge in [0.1, 0.15) is 6.61 Å². The minimum Gasteiger partial charge on any atom is -0.462 e. The second kappa shape index (κ2) is 33.9. The quantitative estimate of drug-likeness (QED) is 0.0331. The third kappa shape index (κ3) is 35.8. The number of ether oxygens (including phenoxy) is 2. The van der Waals surface area contributed by atoms with Crippen LogP contribution < -0.4 is 0 Å². The summed E-state index contributed by atoms with van der Waals surface area (Å²) in [5, 5.41) is 0. The minimum atomic E-state index is -4.78. The molecule has 0 heterocycles. The average Bonchev–Trinajstić information content (AvgIpc) is 3.05. The summed E-state index contributed by atoms with van der Waals surface area (Å²) in [7, 11) is -4.78. The lowest BCUT2D eigenvalue weighted by Gasteiger charge is -2.18. The lowest BCUT2D eigenvalue weighted by Crippen LogP contribution is -2.29. The Balaban J connectivity index is 4.18. The number of phosphoric ester groups is 1. The van der Waals surface area contributed by atoms with Crippen LogP contribution in [0.1, 0.15) is 117 Å². The molecule has 0 saturated heterocycles. The van der Waals surface area contributed by atoms with Crippen molar-refractivity contribution in [2.75, 3.05) is 13.2 Å². The van der Waals surface area contributed by atoms with E-state index in [9.17, 15) is 14.2 Å². The molecule has 0 fully saturated rings. The van der Waals surface area contributed by atoms with Gasteiger partial charge in [-0.3, -0.25) is 14.1 Å². The molecule has 0 aliphatic heterocycles. The second-order valence-corrected chi connectivity index (χ2v) is 12.3. The van der Waals surface area contributed by atoms with Crippen LogP contribution in [0.2, 0.25) is 0 Å². The topological polar surface area (TPSA) is 119 Å². The highest BCUT2D eigenvalue weighted by atomic mass is 31.2. The van der Waals surface area contributed by atoms with Crippen LogP contribution in [-0.2, 0) is 28.2 Å². The van der Waals surface area contributed by atoms with Crippen molar-refractivity contribution in [3.05, 3.63) is 97.2 Å². The molecule has 0 bridgehead atoms.